The van der Waals surface area contributed by atoms with Crippen LogP contribution in [0.1, 0.15) is 28.8 Å². The largest absolute Gasteiger partial charge is 0.508 e. The van der Waals surface area contributed by atoms with Gasteiger partial charge in [0.2, 0.25) is 0 Å². The van der Waals surface area contributed by atoms with Gasteiger partial charge in [0.25, 0.3) is 5.91 Å². The number of phenolic OH excluding ortho intramolecular Hbond substituents is 1. The van der Waals surface area contributed by atoms with Crippen molar-refractivity contribution in [2.75, 3.05) is 6.54 Å². The summed E-state index contributed by atoms with van der Waals surface area (Å²) in [6, 6.07) is 7.46. The quantitative estimate of drug-likeness (QED) is 0.795. The van der Waals surface area contributed by atoms with Gasteiger partial charge in [0.15, 0.2) is 5.17 Å². The third-order valence-corrected chi connectivity index (χ3v) is 4.67. The minimum atomic E-state index is -1.21. The highest BCUT2D eigenvalue weighted by molar-refractivity contribution is 8.18. The molecule has 0 radical (unpaired) electrons. The Balaban J connectivity index is 2.00. The molecule has 8 heteroatoms. The molecule has 26 heavy (non-hydrogen) atoms. The molecule has 0 bridgehead atoms. The van der Waals surface area contributed by atoms with Crippen molar-refractivity contribution in [3.05, 3.63) is 52.3 Å². The number of furan rings is 1. The van der Waals surface area contributed by atoms with Crippen molar-refractivity contribution in [1.29, 1.82) is 0 Å². The van der Waals surface area contributed by atoms with E-state index in [0.29, 0.717) is 22.4 Å². The third-order valence-electron chi connectivity index (χ3n) is 3.67. The fraction of sp³-hybridized carbons (Fsp3) is 0.167. The average Bonchev–Trinajstić information content (AvgIpc) is 3.12. The van der Waals surface area contributed by atoms with E-state index in [4.69, 9.17) is 4.42 Å². The van der Waals surface area contributed by atoms with Crippen LogP contribution in [-0.4, -0.2) is 38.7 Å². The van der Waals surface area contributed by atoms with Crippen LogP contribution in [0.3, 0.4) is 0 Å². The summed E-state index contributed by atoms with van der Waals surface area (Å²) < 4.78 is 5.47. The van der Waals surface area contributed by atoms with Gasteiger partial charge in [0, 0.05) is 12.6 Å². The molecule has 2 N–H and O–H groups in total. The average molecular weight is 372 g/mol. The van der Waals surface area contributed by atoms with Gasteiger partial charge in [0.05, 0.1) is 16.2 Å². The number of phenols is 1. The van der Waals surface area contributed by atoms with Gasteiger partial charge in [-0.25, -0.2) is 9.79 Å². The van der Waals surface area contributed by atoms with Crippen LogP contribution in [0.15, 0.2) is 44.6 Å². The monoisotopic (exact) mass is 372 g/mol. The molecular formula is C18H16N2O5S. The van der Waals surface area contributed by atoms with Gasteiger partial charge < -0.3 is 14.6 Å². The van der Waals surface area contributed by atoms with Crippen molar-refractivity contribution >= 4 is 40.6 Å². The maximum Gasteiger partial charge on any atom is 0.338 e. The highest BCUT2D eigenvalue weighted by Crippen LogP contribution is 2.35. The van der Waals surface area contributed by atoms with E-state index in [1.165, 1.54) is 17.0 Å². The Morgan fingerprint density at radius 1 is 1.35 bits per heavy atom. The molecule has 0 unspecified atom stereocenters. The first-order chi connectivity index (χ1) is 12.4. The Hall–Kier alpha value is -3.00. The first-order valence-corrected chi connectivity index (χ1v) is 8.63. The summed E-state index contributed by atoms with van der Waals surface area (Å²) in [5, 5.41) is 19.2. The fourth-order valence-electron chi connectivity index (χ4n) is 2.43. The summed E-state index contributed by atoms with van der Waals surface area (Å²) in [4.78, 5) is 30.2. The Bertz CT molecular complexity index is 945. The van der Waals surface area contributed by atoms with Crippen molar-refractivity contribution in [3.8, 4) is 5.75 Å². The lowest BCUT2D eigenvalue weighted by molar-refractivity contribution is -0.122. The van der Waals surface area contributed by atoms with E-state index in [-0.39, 0.29) is 22.9 Å². The standard InChI is InChI=1S/C18H16N2O5S/c1-3-20-16(22)15(9-12-6-4-10(2)25-12)26-18(20)19-14-7-5-11(21)8-13(14)17(23)24/h4-9,21H,3H2,1-2H3,(H,23,24)/b15-9-,19-18?. The van der Waals surface area contributed by atoms with Crippen LogP contribution in [-0.2, 0) is 4.79 Å². The number of rotatable bonds is 4. The number of thioether (sulfide) groups is 1. The summed E-state index contributed by atoms with van der Waals surface area (Å²) in [5.74, 6) is -0.293. The molecule has 0 saturated carbocycles. The lowest BCUT2D eigenvalue weighted by atomic mass is 10.2. The molecule has 0 atom stereocenters. The van der Waals surface area contributed by atoms with Crippen molar-refractivity contribution in [2.45, 2.75) is 13.8 Å². The minimum Gasteiger partial charge on any atom is -0.508 e. The molecule has 1 aromatic carbocycles. The number of carbonyl (C=O) groups is 2. The number of aliphatic imine (C=N–C) groups is 1. The molecule has 2 aromatic rings. The lowest BCUT2D eigenvalue weighted by Crippen LogP contribution is -2.28. The van der Waals surface area contributed by atoms with Crippen molar-refractivity contribution in [3.63, 3.8) is 0 Å². The van der Waals surface area contributed by atoms with Crippen LogP contribution in [0.5, 0.6) is 5.75 Å². The molecule has 0 spiro atoms. The van der Waals surface area contributed by atoms with Crippen LogP contribution in [0.2, 0.25) is 0 Å². The molecule has 3 rings (SSSR count). The van der Waals surface area contributed by atoms with Crippen molar-refractivity contribution < 1.29 is 24.2 Å². The predicted molar refractivity (Wildman–Crippen MR) is 98.6 cm³/mol. The highest BCUT2D eigenvalue weighted by atomic mass is 32.2. The van der Waals surface area contributed by atoms with Gasteiger partial charge in [-0.2, -0.15) is 0 Å². The molecule has 1 fully saturated rings. The second-order valence-electron chi connectivity index (χ2n) is 5.51. The number of aromatic carboxylic acids is 1. The van der Waals surface area contributed by atoms with Gasteiger partial charge in [0.1, 0.15) is 17.3 Å². The van der Waals surface area contributed by atoms with Gasteiger partial charge >= 0.3 is 5.97 Å². The van der Waals surface area contributed by atoms with Crippen LogP contribution in [0.25, 0.3) is 6.08 Å². The summed E-state index contributed by atoms with van der Waals surface area (Å²) in [5.41, 5.74) is 0.0276. The number of amidine groups is 1. The minimum absolute atomic E-state index is 0.138. The molecule has 134 valence electrons. The van der Waals surface area contributed by atoms with Crippen LogP contribution < -0.4 is 0 Å². The summed E-state index contributed by atoms with van der Waals surface area (Å²) in [6.07, 6.45) is 1.64. The van der Waals surface area contributed by atoms with Gasteiger partial charge in [-0.05, 0) is 55.9 Å². The molecule has 1 aliphatic rings. The van der Waals surface area contributed by atoms with E-state index in [0.717, 1.165) is 23.6 Å². The number of nitrogens with zero attached hydrogens (tertiary/aromatic N) is 2. The van der Waals surface area contributed by atoms with E-state index in [9.17, 15) is 19.8 Å². The lowest BCUT2D eigenvalue weighted by Gasteiger charge is -2.12. The SMILES string of the molecule is CCN1C(=O)/C(=C/c2ccc(C)o2)SC1=Nc1ccc(O)cc1C(=O)O. The molecule has 1 aromatic heterocycles. The first kappa shape index (κ1) is 17.8. The molecular weight excluding hydrogens is 356 g/mol. The maximum absolute atomic E-state index is 12.6. The number of hydrogen-bond donors (Lipinski definition) is 2. The summed E-state index contributed by atoms with van der Waals surface area (Å²) in [7, 11) is 0. The first-order valence-electron chi connectivity index (χ1n) is 7.82. The fourth-order valence-corrected chi connectivity index (χ4v) is 3.46. The zero-order valence-electron chi connectivity index (χ0n) is 14.1. The number of aryl methyl sites for hydroxylation is 1. The number of likely N-dealkylation sites (N-methyl/N-ethyl adjacent to an activating group) is 1. The van der Waals surface area contributed by atoms with E-state index >= 15 is 0 Å². The molecule has 1 saturated heterocycles. The van der Waals surface area contributed by atoms with Gasteiger partial charge in [-0.1, -0.05) is 0 Å². The number of carboxylic acid groups (broad SMARTS) is 1. The highest BCUT2D eigenvalue weighted by Gasteiger charge is 2.32. The van der Waals surface area contributed by atoms with E-state index in [1.807, 2.05) is 13.8 Å². The van der Waals surface area contributed by atoms with E-state index in [1.54, 1.807) is 18.2 Å². The van der Waals surface area contributed by atoms with Crippen molar-refractivity contribution in [2.24, 2.45) is 4.99 Å². The number of carboxylic acids is 1. The molecule has 1 aliphatic heterocycles. The second-order valence-corrected chi connectivity index (χ2v) is 6.52. The topological polar surface area (TPSA) is 103 Å². The normalized spacial score (nSPS) is 17.5. The Kier molecular flexibility index (Phi) is 4.85. The molecule has 0 aliphatic carbocycles. The van der Waals surface area contributed by atoms with Crippen LogP contribution >= 0.6 is 11.8 Å². The number of benzene rings is 1. The number of carbonyl (C=O) groups excluding carboxylic acids is 1. The summed E-state index contributed by atoms with van der Waals surface area (Å²) >= 11 is 1.15. The molecule has 7 nitrogen and oxygen atoms in total. The Morgan fingerprint density at radius 3 is 2.73 bits per heavy atom. The smallest absolute Gasteiger partial charge is 0.338 e. The van der Waals surface area contributed by atoms with E-state index < -0.39 is 5.97 Å². The number of hydrogen-bond acceptors (Lipinski definition) is 6. The number of amides is 1. The summed E-state index contributed by atoms with van der Waals surface area (Å²) in [6.45, 7) is 4.01. The second kappa shape index (κ2) is 7.09. The molecule has 1 amide bonds. The van der Waals surface area contributed by atoms with Crippen molar-refractivity contribution in [1.82, 2.24) is 4.90 Å². The van der Waals surface area contributed by atoms with E-state index in [2.05, 4.69) is 4.99 Å². The van der Waals surface area contributed by atoms with Crippen LogP contribution in [0, 0.1) is 6.92 Å². The number of aromatic hydroxyl groups is 1. The zero-order valence-corrected chi connectivity index (χ0v) is 14.9. The Labute approximate surface area is 153 Å². The van der Waals surface area contributed by atoms with Gasteiger partial charge in [-0.3, -0.25) is 9.69 Å². The predicted octanol–water partition coefficient (Wildman–Crippen LogP) is 3.62. The maximum atomic E-state index is 12.6. The third kappa shape index (κ3) is 3.50. The zero-order chi connectivity index (χ0) is 18.8. The van der Waals surface area contributed by atoms with Crippen LogP contribution in [0.4, 0.5) is 5.69 Å². The van der Waals surface area contributed by atoms with Gasteiger partial charge in [-0.15, -0.1) is 0 Å². The Morgan fingerprint density at radius 2 is 2.12 bits per heavy atom. The molecule has 2 heterocycles.